The van der Waals surface area contributed by atoms with Crippen LogP contribution in [0.1, 0.15) is 29.5 Å². The van der Waals surface area contributed by atoms with Crippen LogP contribution in [0.2, 0.25) is 5.02 Å². The molecule has 0 atom stereocenters. The van der Waals surface area contributed by atoms with E-state index in [-0.39, 0.29) is 34.3 Å². The predicted octanol–water partition coefficient (Wildman–Crippen LogP) is 5.21. The number of hydrogen-bond acceptors (Lipinski definition) is 2. The molecule has 0 saturated carbocycles. The molecule has 0 saturated heterocycles. The van der Waals surface area contributed by atoms with Crippen LogP contribution >= 0.6 is 11.6 Å². The first-order valence-electron chi connectivity index (χ1n) is 5.82. The predicted molar refractivity (Wildman–Crippen MR) is 68.8 cm³/mol. The Morgan fingerprint density at radius 2 is 1.95 bits per heavy atom. The molecular formula is C14H10ClF3O2. The minimum absolute atomic E-state index is 0.0467. The molecule has 20 heavy (non-hydrogen) atoms. The standard InChI is InChI=1S/C14H10ClF3O2/c1-2-11(19)13-4-3-12(20-13)8-5-9(14(16,17)18)7-10(15)6-8/h3-7H,2H2,1H3. The normalized spacial score (nSPS) is 11.7. The summed E-state index contributed by atoms with van der Waals surface area (Å²) in [5, 5.41) is -0.0467. The van der Waals surface area contributed by atoms with Crippen molar-refractivity contribution in [1.82, 2.24) is 0 Å². The summed E-state index contributed by atoms with van der Waals surface area (Å²) >= 11 is 5.69. The highest BCUT2D eigenvalue weighted by molar-refractivity contribution is 6.31. The van der Waals surface area contributed by atoms with Gasteiger partial charge in [0.1, 0.15) is 5.76 Å². The van der Waals surface area contributed by atoms with Crippen molar-refractivity contribution in [1.29, 1.82) is 0 Å². The second-order valence-corrected chi connectivity index (χ2v) is 4.60. The molecule has 2 rings (SSSR count). The number of rotatable bonds is 3. The maximum atomic E-state index is 12.7. The molecule has 106 valence electrons. The van der Waals surface area contributed by atoms with E-state index in [2.05, 4.69) is 0 Å². The Hall–Kier alpha value is -1.75. The quantitative estimate of drug-likeness (QED) is 0.728. The van der Waals surface area contributed by atoms with Gasteiger partial charge in [0.2, 0.25) is 0 Å². The largest absolute Gasteiger partial charge is 0.453 e. The molecule has 1 aromatic carbocycles. The van der Waals surface area contributed by atoms with Crippen molar-refractivity contribution >= 4 is 17.4 Å². The van der Waals surface area contributed by atoms with E-state index in [1.54, 1.807) is 6.92 Å². The lowest BCUT2D eigenvalue weighted by Crippen LogP contribution is -2.04. The van der Waals surface area contributed by atoms with Gasteiger partial charge in [-0.3, -0.25) is 4.79 Å². The summed E-state index contributed by atoms with van der Waals surface area (Å²) in [5.41, 5.74) is -0.681. The summed E-state index contributed by atoms with van der Waals surface area (Å²) in [6.45, 7) is 1.67. The highest BCUT2D eigenvalue weighted by Gasteiger charge is 2.31. The molecule has 6 heteroatoms. The molecule has 0 aliphatic heterocycles. The fraction of sp³-hybridized carbons (Fsp3) is 0.214. The fourth-order valence-corrected chi connectivity index (χ4v) is 1.95. The minimum atomic E-state index is -4.49. The minimum Gasteiger partial charge on any atom is -0.453 e. The van der Waals surface area contributed by atoms with Gasteiger partial charge in [-0.15, -0.1) is 0 Å². The molecule has 0 N–H and O–H groups in total. The van der Waals surface area contributed by atoms with Crippen LogP contribution in [0, 0.1) is 0 Å². The molecule has 0 spiro atoms. The molecule has 0 unspecified atom stereocenters. The lowest BCUT2D eigenvalue weighted by Gasteiger charge is -2.08. The summed E-state index contributed by atoms with van der Waals surface area (Å²) in [4.78, 5) is 11.5. The van der Waals surface area contributed by atoms with Gasteiger partial charge < -0.3 is 4.42 Å². The third-order valence-electron chi connectivity index (χ3n) is 2.71. The van der Waals surface area contributed by atoms with Crippen molar-refractivity contribution in [2.24, 2.45) is 0 Å². The molecule has 2 nitrogen and oxygen atoms in total. The Bertz CT molecular complexity index is 644. The molecule has 0 aliphatic carbocycles. The molecule has 2 aromatic rings. The molecular weight excluding hydrogens is 293 g/mol. The van der Waals surface area contributed by atoms with E-state index in [1.807, 2.05) is 0 Å². The molecule has 0 amide bonds. The van der Waals surface area contributed by atoms with Crippen molar-refractivity contribution in [3.05, 3.63) is 46.7 Å². The van der Waals surface area contributed by atoms with E-state index < -0.39 is 11.7 Å². The van der Waals surface area contributed by atoms with Crippen LogP contribution < -0.4 is 0 Å². The monoisotopic (exact) mass is 302 g/mol. The van der Waals surface area contributed by atoms with Gasteiger partial charge in [0, 0.05) is 17.0 Å². The fourth-order valence-electron chi connectivity index (χ4n) is 1.71. The summed E-state index contributed by atoms with van der Waals surface area (Å²) in [6, 6.07) is 6.02. The van der Waals surface area contributed by atoms with Gasteiger partial charge in [0.15, 0.2) is 11.5 Å². The number of benzene rings is 1. The van der Waals surface area contributed by atoms with Gasteiger partial charge in [-0.2, -0.15) is 13.2 Å². The SMILES string of the molecule is CCC(=O)c1ccc(-c2cc(Cl)cc(C(F)(F)F)c2)o1. The van der Waals surface area contributed by atoms with E-state index in [1.165, 1.54) is 18.2 Å². The van der Waals surface area contributed by atoms with Crippen LogP contribution in [-0.4, -0.2) is 5.78 Å². The zero-order valence-electron chi connectivity index (χ0n) is 10.4. The van der Waals surface area contributed by atoms with Crippen LogP contribution in [0.3, 0.4) is 0 Å². The van der Waals surface area contributed by atoms with Crippen molar-refractivity contribution in [3.63, 3.8) is 0 Å². The third kappa shape index (κ3) is 3.04. The van der Waals surface area contributed by atoms with Gasteiger partial charge in [-0.05, 0) is 30.3 Å². The lowest BCUT2D eigenvalue weighted by molar-refractivity contribution is -0.137. The number of ketones is 1. The first-order valence-corrected chi connectivity index (χ1v) is 6.20. The van der Waals surface area contributed by atoms with Gasteiger partial charge in [0.25, 0.3) is 0 Å². The Morgan fingerprint density at radius 3 is 2.55 bits per heavy atom. The van der Waals surface area contributed by atoms with E-state index in [4.69, 9.17) is 16.0 Å². The average Bonchev–Trinajstić information content (AvgIpc) is 2.85. The number of halogens is 4. The van der Waals surface area contributed by atoms with Gasteiger partial charge >= 0.3 is 6.18 Å². The summed E-state index contributed by atoms with van der Waals surface area (Å²) in [6.07, 6.45) is -4.23. The van der Waals surface area contributed by atoms with Gasteiger partial charge in [-0.25, -0.2) is 0 Å². The molecule has 1 aromatic heterocycles. The van der Waals surface area contributed by atoms with E-state index in [0.717, 1.165) is 12.1 Å². The third-order valence-corrected chi connectivity index (χ3v) is 2.93. The smallest absolute Gasteiger partial charge is 0.416 e. The van der Waals surface area contributed by atoms with Crippen molar-refractivity contribution < 1.29 is 22.4 Å². The maximum Gasteiger partial charge on any atom is 0.416 e. The second kappa shape index (κ2) is 5.32. The zero-order chi connectivity index (χ0) is 14.9. The first-order chi connectivity index (χ1) is 9.31. The van der Waals surface area contributed by atoms with Crippen molar-refractivity contribution in [2.75, 3.05) is 0 Å². The maximum absolute atomic E-state index is 12.7. The molecule has 0 fully saturated rings. The second-order valence-electron chi connectivity index (χ2n) is 4.17. The Kier molecular flexibility index (Phi) is 3.90. The summed E-state index contributed by atoms with van der Waals surface area (Å²) < 4.78 is 43.4. The van der Waals surface area contributed by atoms with Crippen LogP contribution in [0.5, 0.6) is 0 Å². The number of furan rings is 1. The number of carbonyl (C=O) groups is 1. The van der Waals surface area contributed by atoms with Crippen LogP contribution in [0.25, 0.3) is 11.3 Å². The van der Waals surface area contributed by atoms with Crippen LogP contribution in [-0.2, 0) is 6.18 Å². The zero-order valence-corrected chi connectivity index (χ0v) is 11.2. The highest BCUT2D eigenvalue weighted by Crippen LogP contribution is 2.35. The summed E-state index contributed by atoms with van der Waals surface area (Å²) in [7, 11) is 0. The van der Waals surface area contributed by atoms with E-state index >= 15 is 0 Å². The van der Waals surface area contributed by atoms with Crippen LogP contribution in [0.4, 0.5) is 13.2 Å². The topological polar surface area (TPSA) is 30.2 Å². The molecule has 0 bridgehead atoms. The first kappa shape index (κ1) is 14.7. The van der Waals surface area contributed by atoms with E-state index in [9.17, 15) is 18.0 Å². The number of Topliss-reactive ketones (excluding diaryl/α,β-unsaturated/α-hetero) is 1. The Labute approximate surface area is 118 Å². The Morgan fingerprint density at radius 1 is 1.25 bits per heavy atom. The number of hydrogen-bond donors (Lipinski definition) is 0. The highest BCUT2D eigenvalue weighted by atomic mass is 35.5. The van der Waals surface area contributed by atoms with Crippen molar-refractivity contribution in [3.8, 4) is 11.3 Å². The Balaban J connectivity index is 2.45. The molecule has 1 heterocycles. The van der Waals surface area contributed by atoms with E-state index in [0.29, 0.717) is 0 Å². The molecule has 0 aliphatic rings. The van der Waals surface area contributed by atoms with Gasteiger partial charge in [0.05, 0.1) is 5.56 Å². The average molecular weight is 303 g/mol. The summed E-state index contributed by atoms with van der Waals surface area (Å²) in [5.74, 6) is 0.0835. The number of alkyl halides is 3. The lowest BCUT2D eigenvalue weighted by atomic mass is 10.1. The number of carbonyl (C=O) groups excluding carboxylic acids is 1. The van der Waals surface area contributed by atoms with Crippen LogP contribution in [0.15, 0.2) is 34.7 Å². The van der Waals surface area contributed by atoms with Crippen molar-refractivity contribution in [2.45, 2.75) is 19.5 Å². The van der Waals surface area contributed by atoms with Gasteiger partial charge in [-0.1, -0.05) is 18.5 Å². The molecule has 0 radical (unpaired) electrons.